The Morgan fingerprint density at radius 1 is 0.871 bits per heavy atom. The van der Waals surface area contributed by atoms with Crippen LogP contribution in [0.3, 0.4) is 0 Å². The van der Waals surface area contributed by atoms with Crippen LogP contribution in [0, 0.1) is 0 Å². The Hall–Kier alpha value is -1.22. The van der Waals surface area contributed by atoms with Crippen molar-refractivity contribution in [3.05, 3.63) is 51.5 Å². The van der Waals surface area contributed by atoms with E-state index in [0.717, 1.165) is 6.07 Å². The van der Waals surface area contributed by atoms with Gasteiger partial charge in [0.15, 0.2) is 0 Å². The van der Waals surface area contributed by atoms with Gasteiger partial charge in [-0.25, -0.2) is 4.79 Å². The van der Waals surface area contributed by atoms with Crippen LogP contribution < -0.4 is 10.6 Å². The predicted molar refractivity (Wildman–Crippen MR) is 101 cm³/mol. The first-order valence-electron chi connectivity index (χ1n) is 7.33. The molecule has 0 fully saturated rings. The summed E-state index contributed by atoms with van der Waals surface area (Å²) in [5.74, 6) is 0. The molecule has 2 aromatic rings. The monoisotopic (exact) mass is 519 g/mol. The fourth-order valence-electron chi connectivity index (χ4n) is 2.16. The third kappa shape index (κ3) is 7.14. The maximum Gasteiger partial charge on any atom is 0.417 e. The van der Waals surface area contributed by atoms with Crippen LogP contribution in [-0.4, -0.2) is 48.6 Å². The largest absolute Gasteiger partial charge is 0.417 e. The average molecular weight is 520 g/mol. The maximum atomic E-state index is 13.0. The van der Waals surface area contributed by atoms with E-state index in [1.54, 1.807) is 5.32 Å². The van der Waals surface area contributed by atoms with Gasteiger partial charge in [0.25, 0.3) is 10.1 Å². The number of carbonyl (C=O) groups excluding carboxylic acids is 1. The normalized spacial score (nSPS) is 12.2. The third-order valence-electron chi connectivity index (χ3n) is 3.44. The fourth-order valence-corrected chi connectivity index (χ4v) is 3.31. The van der Waals surface area contributed by atoms with Gasteiger partial charge in [0.1, 0.15) is 4.90 Å². The van der Waals surface area contributed by atoms with Crippen molar-refractivity contribution in [3.63, 3.8) is 0 Å². The van der Waals surface area contributed by atoms with Crippen LogP contribution in [0.4, 0.5) is 42.5 Å². The molecule has 0 heterocycles. The molecule has 165 valence electrons. The molecule has 0 saturated heterocycles. The van der Waals surface area contributed by atoms with Crippen molar-refractivity contribution in [2.75, 3.05) is 10.6 Å². The number of hydrogen-bond donors (Lipinski definition) is 3. The summed E-state index contributed by atoms with van der Waals surface area (Å²) >= 11 is 11.1. The number of halogens is 8. The van der Waals surface area contributed by atoms with Crippen LogP contribution in [0.25, 0.3) is 0 Å². The van der Waals surface area contributed by atoms with E-state index in [9.17, 15) is 44.1 Å². The van der Waals surface area contributed by atoms with Gasteiger partial charge in [0, 0.05) is 29.6 Å². The van der Waals surface area contributed by atoms with E-state index in [2.05, 4.69) is 0 Å². The van der Waals surface area contributed by atoms with Crippen molar-refractivity contribution in [1.29, 1.82) is 0 Å². The molecule has 0 saturated carbocycles. The van der Waals surface area contributed by atoms with E-state index >= 15 is 0 Å². The molecule has 0 unspecified atom stereocenters. The Bertz CT molecular complexity index is 1110. The second-order valence-electron chi connectivity index (χ2n) is 5.57. The van der Waals surface area contributed by atoms with Gasteiger partial charge < -0.3 is 10.6 Å². The number of hydrogen-bond acceptors (Lipinski definition) is 3. The van der Waals surface area contributed by atoms with E-state index < -0.39 is 60.9 Å². The molecule has 2 amide bonds. The van der Waals surface area contributed by atoms with Crippen LogP contribution >= 0.6 is 23.2 Å². The summed E-state index contributed by atoms with van der Waals surface area (Å²) in [5, 5.41) is 2.12. The molecule has 0 aliphatic heterocycles. The first-order chi connectivity index (χ1) is 13.5. The molecular formula is C15H8Cl2F6N2NaO4S. The summed E-state index contributed by atoms with van der Waals surface area (Å²) in [7, 11) is -5.14. The topological polar surface area (TPSA) is 95.5 Å². The molecule has 0 aliphatic rings. The summed E-state index contributed by atoms with van der Waals surface area (Å²) in [4.78, 5) is 10.9. The van der Waals surface area contributed by atoms with Crippen LogP contribution in [0.15, 0.2) is 35.2 Å². The molecule has 0 aromatic heterocycles. The molecular weight excluding hydrogens is 512 g/mol. The van der Waals surface area contributed by atoms with Crippen molar-refractivity contribution >= 4 is 80.3 Å². The minimum atomic E-state index is -5.14. The second-order valence-corrected chi connectivity index (χ2v) is 7.78. The number of benzene rings is 2. The maximum absolute atomic E-state index is 13.0. The second kappa shape index (κ2) is 9.73. The van der Waals surface area contributed by atoms with Gasteiger partial charge in [-0.2, -0.15) is 34.8 Å². The van der Waals surface area contributed by atoms with Gasteiger partial charge in [0.2, 0.25) is 0 Å². The van der Waals surface area contributed by atoms with Crippen LogP contribution in [-0.2, 0) is 22.5 Å². The van der Waals surface area contributed by atoms with E-state index in [4.69, 9.17) is 23.2 Å². The Morgan fingerprint density at radius 2 is 1.42 bits per heavy atom. The number of urea groups is 1. The summed E-state index contributed by atoms with van der Waals surface area (Å²) in [6, 6.07) is 0.834. The van der Waals surface area contributed by atoms with E-state index in [1.807, 2.05) is 5.32 Å². The first kappa shape index (κ1) is 27.8. The summed E-state index contributed by atoms with van der Waals surface area (Å²) < 4.78 is 109. The number of carbonyl (C=O) groups is 1. The number of anilines is 2. The van der Waals surface area contributed by atoms with Crippen molar-refractivity contribution in [2.45, 2.75) is 17.2 Å². The average Bonchev–Trinajstić information content (AvgIpc) is 2.55. The van der Waals surface area contributed by atoms with Crippen molar-refractivity contribution < 1.29 is 44.1 Å². The van der Waals surface area contributed by atoms with Crippen molar-refractivity contribution in [3.8, 4) is 0 Å². The molecule has 6 nitrogen and oxygen atoms in total. The quantitative estimate of drug-likeness (QED) is 0.282. The van der Waals surface area contributed by atoms with Gasteiger partial charge in [0.05, 0.1) is 32.5 Å². The van der Waals surface area contributed by atoms with E-state index in [0.29, 0.717) is 12.1 Å². The molecule has 0 spiro atoms. The molecule has 3 N–H and O–H groups in total. The number of alkyl halides is 6. The molecule has 0 atom stereocenters. The van der Waals surface area contributed by atoms with Gasteiger partial charge >= 0.3 is 18.4 Å². The number of amides is 2. The first-order valence-corrected chi connectivity index (χ1v) is 9.52. The molecule has 2 rings (SSSR count). The third-order valence-corrected chi connectivity index (χ3v) is 4.98. The summed E-state index contributed by atoms with van der Waals surface area (Å²) in [6.07, 6.45) is -9.83. The van der Waals surface area contributed by atoms with Crippen LogP contribution in [0.2, 0.25) is 10.0 Å². The molecule has 16 heteroatoms. The molecule has 1 radical (unpaired) electrons. The minimum Gasteiger partial charge on any atom is -0.306 e. The van der Waals surface area contributed by atoms with Gasteiger partial charge in [-0.3, -0.25) is 4.55 Å². The number of nitrogens with one attached hydrogen (secondary N) is 2. The van der Waals surface area contributed by atoms with Crippen molar-refractivity contribution in [2.24, 2.45) is 0 Å². The predicted octanol–water partition coefficient (Wildman–Crippen LogP) is 5.54. The molecule has 0 aliphatic carbocycles. The smallest absolute Gasteiger partial charge is 0.306 e. The Labute approximate surface area is 202 Å². The summed E-state index contributed by atoms with van der Waals surface area (Å²) in [5.41, 5.74) is -4.33. The van der Waals surface area contributed by atoms with E-state index in [-0.39, 0.29) is 46.7 Å². The van der Waals surface area contributed by atoms with E-state index in [1.165, 1.54) is 0 Å². The van der Waals surface area contributed by atoms with Crippen LogP contribution in [0.1, 0.15) is 11.1 Å². The fraction of sp³-hybridized carbons (Fsp3) is 0.133. The zero-order valence-corrected chi connectivity index (χ0v) is 19.3. The zero-order valence-electron chi connectivity index (χ0n) is 15.0. The van der Waals surface area contributed by atoms with Crippen molar-refractivity contribution in [1.82, 2.24) is 0 Å². The summed E-state index contributed by atoms with van der Waals surface area (Å²) in [6.45, 7) is 0. The minimum absolute atomic E-state index is 0. The zero-order chi connectivity index (χ0) is 23.1. The van der Waals surface area contributed by atoms with Crippen LogP contribution in [0.5, 0.6) is 0 Å². The van der Waals surface area contributed by atoms with Gasteiger partial charge in [-0.05, 0) is 30.3 Å². The Morgan fingerprint density at radius 3 is 1.90 bits per heavy atom. The standard InChI is InChI=1S/C15H8Cl2F6N2O4S.Na/c16-8-2-1-6(14(18,19)20)3-10(8)24-13(26)25-11-4-7(15(21,22)23)9(17)5-12(11)30(27,28)29;/h1-5H,(H2,24,25,26)(H,27,28,29);. The van der Waals surface area contributed by atoms with Gasteiger partial charge in [-0.15, -0.1) is 0 Å². The molecule has 0 bridgehead atoms. The molecule has 2 aromatic carbocycles. The number of rotatable bonds is 3. The SMILES string of the molecule is O=C(Nc1cc(C(F)(F)F)ccc1Cl)Nc1cc(C(F)(F)F)c(Cl)cc1S(=O)(=O)O.[Na]. The Balaban J connectivity index is 0.00000480. The van der Waals surface area contributed by atoms with Gasteiger partial charge in [-0.1, -0.05) is 23.2 Å². The Kier molecular flexibility index (Phi) is 8.73. The molecule has 31 heavy (non-hydrogen) atoms.